The number of aromatic nitrogens is 2. The number of anilines is 2. The van der Waals surface area contributed by atoms with Crippen LogP contribution >= 0.6 is 11.5 Å². The smallest absolute Gasteiger partial charge is 0.240 e. The van der Waals surface area contributed by atoms with Crippen molar-refractivity contribution >= 4 is 52.9 Å². The summed E-state index contributed by atoms with van der Waals surface area (Å²) in [5, 5.41) is 7.10. The van der Waals surface area contributed by atoms with Crippen LogP contribution in [0.2, 0.25) is 0 Å². The first-order chi connectivity index (χ1) is 19.3. The van der Waals surface area contributed by atoms with Crippen LogP contribution in [0, 0.1) is 17.0 Å². The molecule has 0 bridgehead atoms. The summed E-state index contributed by atoms with van der Waals surface area (Å²) in [5.41, 5.74) is 1.59. The fourth-order valence-electron chi connectivity index (χ4n) is 4.02. The molecule has 0 atom stereocenters. The maximum absolute atomic E-state index is 15.1. The second-order valence-corrected chi connectivity index (χ2v) is 9.69. The van der Waals surface area contributed by atoms with Crippen LogP contribution < -0.4 is 15.4 Å². The fraction of sp³-hybridized carbons (Fsp3) is 0.138. The van der Waals surface area contributed by atoms with E-state index in [2.05, 4.69) is 31.7 Å². The minimum Gasteiger partial charge on any atom is -0.454 e. The van der Waals surface area contributed by atoms with Crippen molar-refractivity contribution in [2.75, 3.05) is 10.6 Å². The molecule has 8 nitrogen and oxygen atoms in total. The number of rotatable bonds is 9. The standard InChI is InChI=1S/C29H23F2N5O3S/c1-3-25(20-16-33-24(15-23(20)32-2)22-10-13-40-36-22)39-26-9-8-19(14-21(26)31)35-28(38)29(11-12-29)27(37)34-18-6-4-17(30)5-7-18/h3-10,13-16H,2,11-12H2,1H3,(H,34,37)(H,35,38)/b25-3+. The number of pyridine rings is 1. The van der Waals surface area contributed by atoms with E-state index in [1.807, 2.05) is 11.4 Å². The highest BCUT2D eigenvalue weighted by Crippen LogP contribution is 2.47. The first-order valence-corrected chi connectivity index (χ1v) is 13.1. The van der Waals surface area contributed by atoms with Gasteiger partial charge in [0.2, 0.25) is 11.8 Å². The Morgan fingerprint density at radius 3 is 2.33 bits per heavy atom. The molecule has 1 aliphatic carbocycles. The summed E-state index contributed by atoms with van der Waals surface area (Å²) in [6.07, 6.45) is 3.90. The Labute approximate surface area is 232 Å². The number of amides is 2. The number of aliphatic imine (C=N–C) groups is 1. The lowest BCUT2D eigenvalue weighted by atomic mass is 10.0. The van der Waals surface area contributed by atoms with Crippen molar-refractivity contribution < 1.29 is 23.1 Å². The minimum absolute atomic E-state index is 0.0834. The topological polar surface area (TPSA) is 106 Å². The van der Waals surface area contributed by atoms with E-state index in [0.717, 1.165) is 6.07 Å². The summed E-state index contributed by atoms with van der Waals surface area (Å²) in [6.45, 7) is 5.35. The molecule has 4 aromatic rings. The predicted octanol–water partition coefficient (Wildman–Crippen LogP) is 6.61. The van der Waals surface area contributed by atoms with Gasteiger partial charge in [-0.3, -0.25) is 19.6 Å². The molecule has 1 saturated carbocycles. The van der Waals surface area contributed by atoms with Crippen LogP contribution in [-0.2, 0) is 9.59 Å². The van der Waals surface area contributed by atoms with Gasteiger partial charge >= 0.3 is 0 Å². The number of ether oxygens (including phenoxy) is 1. The highest BCUT2D eigenvalue weighted by Gasteiger charge is 2.56. The maximum Gasteiger partial charge on any atom is 0.240 e. The Morgan fingerprint density at radius 2 is 1.73 bits per heavy atom. The van der Waals surface area contributed by atoms with Gasteiger partial charge < -0.3 is 15.4 Å². The SMILES string of the molecule is C=Nc1cc(-c2ccsn2)ncc1/C(=C\C)Oc1ccc(NC(=O)C2(C(=O)Nc3ccc(F)cc3)CC2)cc1F. The van der Waals surface area contributed by atoms with Crippen LogP contribution in [0.15, 0.2) is 77.2 Å². The zero-order chi connectivity index (χ0) is 28.3. The molecule has 5 rings (SSSR count). The second-order valence-electron chi connectivity index (χ2n) is 9.03. The maximum atomic E-state index is 15.1. The van der Waals surface area contributed by atoms with E-state index in [1.54, 1.807) is 25.3 Å². The van der Waals surface area contributed by atoms with E-state index in [9.17, 15) is 14.0 Å². The van der Waals surface area contributed by atoms with Gasteiger partial charge in [-0.2, -0.15) is 4.37 Å². The highest BCUT2D eigenvalue weighted by atomic mass is 32.1. The number of allylic oxidation sites excluding steroid dienone is 1. The van der Waals surface area contributed by atoms with Crippen molar-refractivity contribution in [1.29, 1.82) is 0 Å². The Balaban J connectivity index is 1.28. The molecule has 2 heterocycles. The van der Waals surface area contributed by atoms with Gasteiger partial charge in [0.25, 0.3) is 0 Å². The molecular formula is C29H23F2N5O3S. The van der Waals surface area contributed by atoms with E-state index in [-0.39, 0.29) is 11.4 Å². The van der Waals surface area contributed by atoms with Crippen molar-refractivity contribution in [1.82, 2.24) is 9.36 Å². The van der Waals surface area contributed by atoms with Crippen LogP contribution in [-0.4, -0.2) is 27.9 Å². The van der Waals surface area contributed by atoms with Gasteiger partial charge in [-0.25, -0.2) is 8.78 Å². The monoisotopic (exact) mass is 559 g/mol. The molecule has 40 heavy (non-hydrogen) atoms. The van der Waals surface area contributed by atoms with Crippen molar-refractivity contribution in [2.45, 2.75) is 19.8 Å². The number of benzene rings is 2. The zero-order valence-corrected chi connectivity index (χ0v) is 22.1. The fourth-order valence-corrected chi connectivity index (χ4v) is 4.53. The number of nitrogens with zero attached hydrogens (tertiary/aromatic N) is 3. The van der Waals surface area contributed by atoms with E-state index in [1.165, 1.54) is 47.9 Å². The van der Waals surface area contributed by atoms with Crippen LogP contribution in [0.25, 0.3) is 17.1 Å². The average molecular weight is 560 g/mol. The van der Waals surface area contributed by atoms with Crippen LogP contribution in [0.4, 0.5) is 25.8 Å². The number of hydrogen-bond acceptors (Lipinski definition) is 7. The van der Waals surface area contributed by atoms with Gasteiger partial charge in [-0.15, -0.1) is 0 Å². The van der Waals surface area contributed by atoms with Crippen molar-refractivity contribution in [2.24, 2.45) is 10.4 Å². The van der Waals surface area contributed by atoms with E-state index in [4.69, 9.17) is 4.74 Å². The second kappa shape index (κ2) is 11.1. The lowest BCUT2D eigenvalue weighted by Gasteiger charge is -2.16. The lowest BCUT2D eigenvalue weighted by Crippen LogP contribution is -2.35. The summed E-state index contributed by atoms with van der Waals surface area (Å²) < 4.78 is 38.3. The molecule has 2 aromatic heterocycles. The summed E-state index contributed by atoms with van der Waals surface area (Å²) in [6, 6.07) is 12.8. The minimum atomic E-state index is -1.27. The van der Waals surface area contributed by atoms with Crippen molar-refractivity contribution in [3.8, 4) is 17.1 Å². The summed E-state index contributed by atoms with van der Waals surface area (Å²) in [4.78, 5) is 34.2. The molecule has 11 heteroatoms. The van der Waals surface area contributed by atoms with Gasteiger partial charge in [0.1, 0.15) is 22.7 Å². The molecule has 2 N–H and O–H groups in total. The largest absolute Gasteiger partial charge is 0.454 e. The molecule has 0 spiro atoms. The van der Waals surface area contributed by atoms with Crippen molar-refractivity contribution in [3.05, 3.63) is 89.4 Å². The molecular weight excluding hydrogens is 536 g/mol. The molecule has 0 radical (unpaired) electrons. The van der Waals surface area contributed by atoms with Gasteiger partial charge in [0.15, 0.2) is 11.6 Å². The van der Waals surface area contributed by atoms with E-state index in [0.29, 0.717) is 46.9 Å². The Morgan fingerprint density at radius 1 is 1.02 bits per heavy atom. The molecule has 0 aliphatic heterocycles. The molecule has 2 amide bonds. The Bertz CT molecular complexity index is 1620. The van der Waals surface area contributed by atoms with Gasteiger partial charge in [0.05, 0.1) is 16.9 Å². The van der Waals surface area contributed by atoms with Gasteiger partial charge in [0, 0.05) is 29.0 Å². The average Bonchev–Trinajstić information content (AvgIpc) is 3.60. The Kier molecular flexibility index (Phi) is 7.47. The molecule has 0 saturated heterocycles. The van der Waals surface area contributed by atoms with Crippen molar-refractivity contribution in [3.63, 3.8) is 0 Å². The quantitative estimate of drug-likeness (QED) is 0.136. The number of nitrogens with one attached hydrogen (secondary N) is 2. The third-order valence-electron chi connectivity index (χ3n) is 6.41. The zero-order valence-electron chi connectivity index (χ0n) is 21.3. The number of halogens is 2. The molecule has 1 fully saturated rings. The van der Waals surface area contributed by atoms with Crippen LogP contribution in [0.1, 0.15) is 25.3 Å². The highest BCUT2D eigenvalue weighted by molar-refractivity contribution is 7.03. The molecule has 0 unspecified atom stereocenters. The molecule has 2 aromatic carbocycles. The van der Waals surface area contributed by atoms with Gasteiger partial charge in [-0.05, 0) is 92.6 Å². The van der Waals surface area contributed by atoms with E-state index >= 15 is 4.39 Å². The predicted molar refractivity (Wildman–Crippen MR) is 151 cm³/mol. The lowest BCUT2D eigenvalue weighted by molar-refractivity contribution is -0.131. The number of carbonyl (C=O) groups is 2. The van der Waals surface area contributed by atoms with Gasteiger partial charge in [-0.1, -0.05) is 0 Å². The Hall–Kier alpha value is -4.77. The summed E-state index contributed by atoms with van der Waals surface area (Å²) in [7, 11) is 0. The number of carbonyl (C=O) groups excluding carboxylic acids is 2. The normalized spacial score (nSPS) is 13.8. The third kappa shape index (κ3) is 5.50. The van der Waals surface area contributed by atoms with Crippen LogP contribution in [0.5, 0.6) is 5.75 Å². The van der Waals surface area contributed by atoms with E-state index < -0.39 is 28.9 Å². The third-order valence-corrected chi connectivity index (χ3v) is 6.97. The molecule has 202 valence electrons. The summed E-state index contributed by atoms with van der Waals surface area (Å²) >= 11 is 1.31. The first kappa shape index (κ1) is 26.8. The first-order valence-electron chi connectivity index (χ1n) is 12.2. The number of hydrogen-bond donors (Lipinski definition) is 2. The summed E-state index contributed by atoms with van der Waals surface area (Å²) in [5.74, 6) is -1.99. The molecule has 1 aliphatic rings. The van der Waals surface area contributed by atoms with Crippen LogP contribution in [0.3, 0.4) is 0 Å².